The summed E-state index contributed by atoms with van der Waals surface area (Å²) in [4.78, 5) is 28.8. The minimum Gasteiger partial charge on any atom is -0.352 e. The fraction of sp³-hybridized carbons (Fsp3) is 0.533. The maximum Gasteiger partial charge on any atom is 0.330 e. The first-order valence-corrected chi connectivity index (χ1v) is 7.54. The fourth-order valence-corrected chi connectivity index (χ4v) is 3.07. The molecule has 0 radical (unpaired) electrons. The van der Waals surface area contributed by atoms with Crippen molar-refractivity contribution in [2.75, 3.05) is 0 Å². The van der Waals surface area contributed by atoms with Crippen LogP contribution in [0.15, 0.2) is 23.1 Å². The van der Waals surface area contributed by atoms with Crippen LogP contribution in [0.2, 0.25) is 0 Å². The summed E-state index contributed by atoms with van der Waals surface area (Å²) >= 11 is 0. The number of rotatable bonds is 4. The molecule has 1 amide bonds. The number of fused-ring (bicyclic) bond motifs is 1. The first-order valence-electron chi connectivity index (χ1n) is 7.54. The molecule has 1 aliphatic carbocycles. The Morgan fingerprint density at radius 3 is 2.86 bits per heavy atom. The predicted octanol–water partition coefficient (Wildman–Crippen LogP) is 1.28. The van der Waals surface area contributed by atoms with Gasteiger partial charge in [0.05, 0.1) is 5.52 Å². The summed E-state index contributed by atoms with van der Waals surface area (Å²) in [5.74, 6) is -0.0944. The van der Waals surface area contributed by atoms with E-state index < -0.39 is 0 Å². The molecule has 6 nitrogen and oxygen atoms in total. The van der Waals surface area contributed by atoms with Gasteiger partial charge >= 0.3 is 5.69 Å². The Morgan fingerprint density at radius 2 is 2.14 bits per heavy atom. The summed E-state index contributed by atoms with van der Waals surface area (Å²) in [5.41, 5.74) is 1.18. The molecule has 1 aliphatic rings. The second-order valence-corrected chi connectivity index (χ2v) is 5.51. The molecule has 2 aromatic heterocycles. The standard InChI is InChI=1S/C15H20N4O2/c1-2-18-14-12(8-5-9-16-14)19(15(18)21)10-13(20)17-11-6-3-4-7-11/h5,8-9,11H,2-4,6-7,10H2,1H3,(H,17,20). The van der Waals surface area contributed by atoms with E-state index in [1.54, 1.807) is 16.8 Å². The van der Waals surface area contributed by atoms with Crippen molar-refractivity contribution in [1.82, 2.24) is 19.4 Å². The molecule has 21 heavy (non-hydrogen) atoms. The monoisotopic (exact) mass is 288 g/mol. The summed E-state index contributed by atoms with van der Waals surface area (Å²) in [6.07, 6.45) is 6.09. The van der Waals surface area contributed by atoms with Crippen LogP contribution in [-0.2, 0) is 17.9 Å². The highest BCUT2D eigenvalue weighted by atomic mass is 16.2. The zero-order valence-electron chi connectivity index (χ0n) is 12.2. The average molecular weight is 288 g/mol. The fourth-order valence-electron chi connectivity index (χ4n) is 3.07. The SMILES string of the molecule is CCn1c(=O)n(CC(=O)NC2CCCC2)c2cccnc21. The first kappa shape index (κ1) is 13.9. The number of carbonyl (C=O) groups excluding carboxylic acids is 1. The number of imidazole rings is 1. The summed E-state index contributed by atoms with van der Waals surface area (Å²) in [7, 11) is 0. The number of carbonyl (C=O) groups is 1. The van der Waals surface area contributed by atoms with Gasteiger partial charge in [0.15, 0.2) is 5.65 Å². The molecule has 2 heterocycles. The topological polar surface area (TPSA) is 68.9 Å². The van der Waals surface area contributed by atoms with Crippen molar-refractivity contribution in [2.24, 2.45) is 0 Å². The highest BCUT2D eigenvalue weighted by Crippen LogP contribution is 2.17. The molecular formula is C15H20N4O2. The van der Waals surface area contributed by atoms with Crippen molar-refractivity contribution >= 4 is 17.1 Å². The van der Waals surface area contributed by atoms with Crippen LogP contribution in [0.3, 0.4) is 0 Å². The predicted molar refractivity (Wildman–Crippen MR) is 80.1 cm³/mol. The first-order chi connectivity index (χ1) is 10.2. The van der Waals surface area contributed by atoms with Gasteiger partial charge in [-0.1, -0.05) is 12.8 Å². The van der Waals surface area contributed by atoms with Crippen LogP contribution in [0.25, 0.3) is 11.2 Å². The average Bonchev–Trinajstić information content (AvgIpc) is 3.07. The van der Waals surface area contributed by atoms with Crippen LogP contribution in [0.1, 0.15) is 32.6 Å². The van der Waals surface area contributed by atoms with Gasteiger partial charge in [-0.15, -0.1) is 0 Å². The molecule has 0 aromatic carbocycles. The van der Waals surface area contributed by atoms with Gasteiger partial charge < -0.3 is 5.32 Å². The zero-order valence-corrected chi connectivity index (χ0v) is 12.2. The smallest absolute Gasteiger partial charge is 0.330 e. The van der Waals surface area contributed by atoms with Gasteiger partial charge in [0.2, 0.25) is 5.91 Å². The second kappa shape index (κ2) is 5.71. The van der Waals surface area contributed by atoms with Crippen LogP contribution in [-0.4, -0.2) is 26.1 Å². The summed E-state index contributed by atoms with van der Waals surface area (Å²) < 4.78 is 3.11. The third kappa shape index (κ3) is 2.57. The minimum atomic E-state index is -0.173. The molecular weight excluding hydrogens is 268 g/mol. The Labute approximate surface area is 122 Å². The highest BCUT2D eigenvalue weighted by molar-refractivity contribution is 5.79. The van der Waals surface area contributed by atoms with Crippen LogP contribution in [0.4, 0.5) is 0 Å². The molecule has 1 N–H and O–H groups in total. The van der Waals surface area contributed by atoms with Crippen molar-refractivity contribution in [3.8, 4) is 0 Å². The van der Waals surface area contributed by atoms with E-state index in [1.165, 1.54) is 17.4 Å². The lowest BCUT2D eigenvalue weighted by molar-refractivity contribution is -0.122. The zero-order chi connectivity index (χ0) is 14.8. The minimum absolute atomic E-state index is 0.0600. The molecule has 0 aliphatic heterocycles. The van der Waals surface area contributed by atoms with Crippen LogP contribution in [0.5, 0.6) is 0 Å². The molecule has 0 saturated heterocycles. The molecule has 0 bridgehead atoms. The van der Waals surface area contributed by atoms with E-state index in [4.69, 9.17) is 0 Å². The van der Waals surface area contributed by atoms with Crippen molar-refractivity contribution < 1.29 is 4.79 Å². The molecule has 1 fully saturated rings. The Bertz CT molecular complexity index is 710. The van der Waals surface area contributed by atoms with Gasteiger partial charge in [0, 0.05) is 18.8 Å². The largest absolute Gasteiger partial charge is 0.352 e. The van der Waals surface area contributed by atoms with E-state index >= 15 is 0 Å². The molecule has 6 heteroatoms. The van der Waals surface area contributed by atoms with E-state index in [9.17, 15) is 9.59 Å². The maximum atomic E-state index is 12.4. The molecule has 1 saturated carbocycles. The van der Waals surface area contributed by atoms with Gasteiger partial charge in [-0.2, -0.15) is 0 Å². The number of nitrogens with zero attached hydrogens (tertiary/aromatic N) is 3. The number of hydrogen-bond acceptors (Lipinski definition) is 3. The molecule has 0 spiro atoms. The lowest BCUT2D eigenvalue weighted by Gasteiger charge is -2.12. The molecule has 2 aromatic rings. The Kier molecular flexibility index (Phi) is 3.77. The highest BCUT2D eigenvalue weighted by Gasteiger charge is 2.19. The molecule has 112 valence electrons. The van der Waals surface area contributed by atoms with Crippen molar-refractivity contribution in [3.05, 3.63) is 28.8 Å². The summed E-state index contributed by atoms with van der Waals surface area (Å²) in [5, 5.41) is 3.02. The number of aromatic nitrogens is 3. The third-order valence-corrected chi connectivity index (χ3v) is 4.11. The second-order valence-electron chi connectivity index (χ2n) is 5.51. The van der Waals surface area contributed by atoms with Gasteiger partial charge in [-0.05, 0) is 31.9 Å². The normalized spacial score (nSPS) is 15.7. The van der Waals surface area contributed by atoms with E-state index in [-0.39, 0.29) is 24.2 Å². The third-order valence-electron chi connectivity index (χ3n) is 4.11. The molecule has 0 unspecified atom stereocenters. The van der Waals surface area contributed by atoms with E-state index in [0.717, 1.165) is 12.8 Å². The van der Waals surface area contributed by atoms with Crippen LogP contribution < -0.4 is 11.0 Å². The van der Waals surface area contributed by atoms with E-state index in [0.29, 0.717) is 17.7 Å². The number of nitrogens with one attached hydrogen (secondary N) is 1. The van der Waals surface area contributed by atoms with Gasteiger partial charge in [-0.25, -0.2) is 9.78 Å². The van der Waals surface area contributed by atoms with Gasteiger partial charge in [0.1, 0.15) is 6.54 Å². The lowest BCUT2D eigenvalue weighted by Crippen LogP contribution is -2.37. The van der Waals surface area contributed by atoms with E-state index in [2.05, 4.69) is 10.3 Å². The Hall–Kier alpha value is -2.11. The number of hydrogen-bond donors (Lipinski definition) is 1. The lowest BCUT2D eigenvalue weighted by atomic mass is 10.2. The van der Waals surface area contributed by atoms with Crippen molar-refractivity contribution in [1.29, 1.82) is 0 Å². The Morgan fingerprint density at radius 1 is 1.38 bits per heavy atom. The van der Waals surface area contributed by atoms with E-state index in [1.807, 2.05) is 13.0 Å². The number of amides is 1. The quantitative estimate of drug-likeness (QED) is 0.921. The summed E-state index contributed by atoms with van der Waals surface area (Å²) in [6, 6.07) is 3.89. The summed E-state index contributed by atoms with van der Waals surface area (Å²) in [6.45, 7) is 2.51. The number of aryl methyl sites for hydroxylation is 1. The van der Waals surface area contributed by atoms with Gasteiger partial charge in [0.25, 0.3) is 0 Å². The maximum absolute atomic E-state index is 12.4. The molecule has 0 atom stereocenters. The van der Waals surface area contributed by atoms with Crippen LogP contribution >= 0.6 is 0 Å². The van der Waals surface area contributed by atoms with Crippen molar-refractivity contribution in [3.63, 3.8) is 0 Å². The Balaban J connectivity index is 1.88. The van der Waals surface area contributed by atoms with Crippen LogP contribution in [0, 0.1) is 0 Å². The van der Waals surface area contributed by atoms with Gasteiger partial charge in [-0.3, -0.25) is 13.9 Å². The number of pyridine rings is 1. The molecule has 3 rings (SSSR count). The van der Waals surface area contributed by atoms with Crippen molar-refractivity contribution in [2.45, 2.75) is 51.7 Å².